The van der Waals surface area contributed by atoms with Crippen LogP contribution in [0.3, 0.4) is 0 Å². The van der Waals surface area contributed by atoms with Crippen LogP contribution < -0.4 is 5.73 Å². The molecule has 2 N–H and O–H groups in total. The van der Waals surface area contributed by atoms with Crippen molar-refractivity contribution in [2.45, 2.75) is 33.1 Å². The van der Waals surface area contributed by atoms with Crippen LogP contribution in [0.15, 0.2) is 0 Å². The number of nitrogen functional groups attached to an aromatic ring is 1. The summed E-state index contributed by atoms with van der Waals surface area (Å²) in [5, 5.41) is 0. The third-order valence-electron chi connectivity index (χ3n) is 2.99. The van der Waals surface area contributed by atoms with Gasteiger partial charge in [0.1, 0.15) is 0 Å². The van der Waals surface area contributed by atoms with Gasteiger partial charge in [0.15, 0.2) is 5.69 Å². The molecule has 0 saturated carbocycles. The first-order valence-corrected chi connectivity index (χ1v) is 5.60. The molecule has 0 unspecified atom stereocenters. The predicted molar refractivity (Wildman–Crippen MR) is 61.4 cm³/mol. The van der Waals surface area contributed by atoms with Crippen LogP contribution in [0.25, 0.3) is 0 Å². The highest BCUT2D eigenvalue weighted by molar-refractivity contribution is 5.91. The SMILES string of the molecule is CCOC(=O)c1nc2c(c(N)c1C)CCC2. The summed E-state index contributed by atoms with van der Waals surface area (Å²) in [5.74, 6) is -0.374. The molecular weight excluding hydrogens is 204 g/mol. The number of anilines is 1. The number of pyridine rings is 1. The van der Waals surface area contributed by atoms with Crippen molar-refractivity contribution < 1.29 is 9.53 Å². The second kappa shape index (κ2) is 4.12. The highest BCUT2D eigenvalue weighted by Crippen LogP contribution is 2.29. The maximum absolute atomic E-state index is 11.7. The summed E-state index contributed by atoms with van der Waals surface area (Å²) in [7, 11) is 0. The maximum atomic E-state index is 11.7. The molecule has 1 aliphatic rings. The fraction of sp³-hybridized carbons (Fsp3) is 0.500. The smallest absolute Gasteiger partial charge is 0.357 e. The van der Waals surface area contributed by atoms with E-state index >= 15 is 0 Å². The lowest BCUT2D eigenvalue weighted by Gasteiger charge is -2.11. The molecule has 4 heteroatoms. The van der Waals surface area contributed by atoms with E-state index in [4.69, 9.17) is 10.5 Å². The molecular formula is C12H16N2O2. The van der Waals surface area contributed by atoms with Gasteiger partial charge in [-0.2, -0.15) is 0 Å². The molecule has 4 nitrogen and oxygen atoms in total. The minimum Gasteiger partial charge on any atom is -0.461 e. The molecule has 0 bridgehead atoms. The van der Waals surface area contributed by atoms with E-state index in [-0.39, 0.29) is 5.97 Å². The second-order valence-corrected chi connectivity index (χ2v) is 4.00. The zero-order chi connectivity index (χ0) is 11.7. The average Bonchev–Trinajstić information content (AvgIpc) is 2.71. The van der Waals surface area contributed by atoms with Crippen LogP contribution in [0.4, 0.5) is 5.69 Å². The van der Waals surface area contributed by atoms with Crippen molar-refractivity contribution in [2.75, 3.05) is 12.3 Å². The van der Waals surface area contributed by atoms with Crippen molar-refractivity contribution in [3.8, 4) is 0 Å². The van der Waals surface area contributed by atoms with Gasteiger partial charge in [-0.25, -0.2) is 9.78 Å². The molecule has 86 valence electrons. The number of rotatable bonds is 2. The number of fused-ring (bicyclic) bond motifs is 1. The molecule has 0 aliphatic heterocycles. The van der Waals surface area contributed by atoms with Crippen molar-refractivity contribution in [2.24, 2.45) is 0 Å². The highest BCUT2D eigenvalue weighted by Gasteiger charge is 2.22. The van der Waals surface area contributed by atoms with Gasteiger partial charge in [0.25, 0.3) is 0 Å². The lowest BCUT2D eigenvalue weighted by molar-refractivity contribution is 0.0518. The third-order valence-corrected chi connectivity index (χ3v) is 2.99. The van der Waals surface area contributed by atoms with Crippen LogP contribution >= 0.6 is 0 Å². The van der Waals surface area contributed by atoms with Crippen LogP contribution in [0.1, 0.15) is 40.7 Å². The van der Waals surface area contributed by atoms with Gasteiger partial charge in [0.2, 0.25) is 0 Å². The fourth-order valence-corrected chi connectivity index (χ4v) is 2.11. The van der Waals surface area contributed by atoms with E-state index in [0.717, 1.165) is 36.1 Å². The molecule has 0 saturated heterocycles. The van der Waals surface area contributed by atoms with E-state index in [1.807, 2.05) is 6.92 Å². The van der Waals surface area contributed by atoms with E-state index in [1.54, 1.807) is 6.92 Å². The normalized spacial score (nSPS) is 13.6. The minimum absolute atomic E-state index is 0.358. The first-order chi connectivity index (χ1) is 7.65. The number of carbonyl (C=O) groups excluding carboxylic acids is 1. The summed E-state index contributed by atoms with van der Waals surface area (Å²) >= 11 is 0. The maximum Gasteiger partial charge on any atom is 0.357 e. The zero-order valence-electron chi connectivity index (χ0n) is 9.67. The first-order valence-electron chi connectivity index (χ1n) is 5.60. The van der Waals surface area contributed by atoms with Crippen molar-refractivity contribution in [1.82, 2.24) is 4.98 Å². The van der Waals surface area contributed by atoms with E-state index in [0.29, 0.717) is 18.0 Å². The summed E-state index contributed by atoms with van der Waals surface area (Å²) in [5.41, 5.74) is 9.94. The Bertz CT molecular complexity index is 441. The van der Waals surface area contributed by atoms with Gasteiger partial charge < -0.3 is 10.5 Å². The fourth-order valence-electron chi connectivity index (χ4n) is 2.11. The lowest BCUT2D eigenvalue weighted by atomic mass is 10.1. The van der Waals surface area contributed by atoms with E-state index in [9.17, 15) is 4.79 Å². The number of ether oxygens (including phenoxy) is 1. The number of aromatic nitrogens is 1. The molecule has 0 amide bonds. The summed E-state index contributed by atoms with van der Waals surface area (Å²) in [6.07, 6.45) is 2.95. The Labute approximate surface area is 94.8 Å². The second-order valence-electron chi connectivity index (χ2n) is 4.00. The van der Waals surface area contributed by atoms with Crippen molar-refractivity contribution >= 4 is 11.7 Å². The van der Waals surface area contributed by atoms with Crippen LogP contribution in [-0.2, 0) is 17.6 Å². The molecule has 0 atom stereocenters. The van der Waals surface area contributed by atoms with Gasteiger partial charge in [-0.15, -0.1) is 0 Å². The lowest BCUT2D eigenvalue weighted by Crippen LogP contribution is -2.13. The quantitative estimate of drug-likeness (QED) is 0.769. The Kier molecular flexibility index (Phi) is 2.81. The summed E-state index contributed by atoms with van der Waals surface area (Å²) in [6.45, 7) is 3.97. The number of aryl methyl sites for hydroxylation is 1. The van der Waals surface area contributed by atoms with Gasteiger partial charge in [-0.1, -0.05) is 0 Å². The van der Waals surface area contributed by atoms with Gasteiger partial charge >= 0.3 is 5.97 Å². The number of nitrogens with zero attached hydrogens (tertiary/aromatic N) is 1. The largest absolute Gasteiger partial charge is 0.461 e. The summed E-state index contributed by atoms with van der Waals surface area (Å²) < 4.78 is 4.97. The van der Waals surface area contributed by atoms with Crippen molar-refractivity contribution in [3.05, 3.63) is 22.5 Å². The molecule has 1 aliphatic carbocycles. The molecule has 16 heavy (non-hydrogen) atoms. The van der Waals surface area contributed by atoms with Gasteiger partial charge in [0, 0.05) is 16.9 Å². The van der Waals surface area contributed by atoms with Crippen LogP contribution in [0.5, 0.6) is 0 Å². The monoisotopic (exact) mass is 220 g/mol. The molecule has 1 aromatic rings. The van der Waals surface area contributed by atoms with Gasteiger partial charge in [0.05, 0.1) is 6.61 Å². The summed E-state index contributed by atoms with van der Waals surface area (Å²) in [6, 6.07) is 0. The molecule has 1 heterocycles. The van der Waals surface area contributed by atoms with Crippen molar-refractivity contribution in [3.63, 3.8) is 0 Å². The van der Waals surface area contributed by atoms with Crippen LogP contribution in [0, 0.1) is 6.92 Å². The standard InChI is InChI=1S/C12H16N2O2/c1-3-16-12(15)11-7(2)10(13)8-5-4-6-9(8)14-11/h3-6H2,1-2H3,(H2,13,14). The van der Waals surface area contributed by atoms with E-state index in [1.165, 1.54) is 0 Å². The predicted octanol–water partition coefficient (Wildman–Crippen LogP) is 1.64. The molecule has 0 fully saturated rings. The first kappa shape index (κ1) is 10.9. The van der Waals surface area contributed by atoms with Crippen LogP contribution in [-0.4, -0.2) is 17.6 Å². The Hall–Kier alpha value is -1.58. The Balaban J connectivity index is 2.47. The van der Waals surface area contributed by atoms with E-state index < -0.39 is 0 Å². The Morgan fingerprint density at radius 1 is 1.50 bits per heavy atom. The topological polar surface area (TPSA) is 65.2 Å². The molecule has 1 aromatic heterocycles. The van der Waals surface area contributed by atoms with Gasteiger partial charge in [-0.05, 0) is 38.7 Å². The number of esters is 1. The van der Waals surface area contributed by atoms with Crippen LogP contribution in [0.2, 0.25) is 0 Å². The average molecular weight is 220 g/mol. The summed E-state index contributed by atoms with van der Waals surface area (Å²) in [4.78, 5) is 16.1. The molecule has 0 spiro atoms. The van der Waals surface area contributed by atoms with Gasteiger partial charge in [-0.3, -0.25) is 0 Å². The minimum atomic E-state index is -0.374. The zero-order valence-corrected chi connectivity index (χ0v) is 9.67. The molecule has 2 rings (SSSR count). The number of hydrogen-bond donors (Lipinski definition) is 1. The Morgan fingerprint density at radius 3 is 2.94 bits per heavy atom. The molecule has 0 radical (unpaired) electrons. The number of nitrogens with two attached hydrogens (primary N) is 1. The molecule has 0 aromatic carbocycles. The highest BCUT2D eigenvalue weighted by atomic mass is 16.5. The van der Waals surface area contributed by atoms with E-state index in [2.05, 4.69) is 4.98 Å². The third kappa shape index (κ3) is 1.64. The Morgan fingerprint density at radius 2 is 2.25 bits per heavy atom. The number of carbonyl (C=O) groups is 1. The van der Waals surface area contributed by atoms with Crippen molar-refractivity contribution in [1.29, 1.82) is 0 Å². The number of hydrogen-bond acceptors (Lipinski definition) is 4.